The van der Waals surface area contributed by atoms with Crippen molar-refractivity contribution in [1.29, 1.82) is 0 Å². The summed E-state index contributed by atoms with van der Waals surface area (Å²) < 4.78 is 38.4. The number of aryl methyl sites for hydroxylation is 1. The molecule has 1 heterocycles. The molecule has 1 aromatic heterocycles. The van der Waals surface area contributed by atoms with Crippen LogP contribution in [0.3, 0.4) is 0 Å². The first-order valence-electron chi connectivity index (χ1n) is 5.54. The van der Waals surface area contributed by atoms with Gasteiger partial charge in [-0.3, -0.25) is 0 Å². The molecule has 0 amide bonds. The van der Waals surface area contributed by atoms with E-state index in [-0.39, 0.29) is 5.69 Å². The molecule has 0 atom stereocenters. The number of benzene rings is 1. The molecule has 0 aliphatic rings. The number of aromatic nitrogens is 1. The van der Waals surface area contributed by atoms with E-state index in [9.17, 15) is 13.2 Å². The van der Waals surface area contributed by atoms with Gasteiger partial charge in [0.15, 0.2) is 0 Å². The fourth-order valence-corrected chi connectivity index (χ4v) is 1.62. The van der Waals surface area contributed by atoms with E-state index in [0.29, 0.717) is 17.2 Å². The molecule has 2 rings (SSSR count). The van der Waals surface area contributed by atoms with E-state index < -0.39 is 11.7 Å². The third kappa shape index (κ3) is 2.96. The zero-order chi connectivity index (χ0) is 14.0. The molecule has 0 unspecified atom stereocenters. The van der Waals surface area contributed by atoms with Crippen molar-refractivity contribution in [2.75, 3.05) is 11.1 Å². The standard InChI is InChI=1S/C13H12F3N3/c1-8-10(17)6-7-12(18-8)19-11-5-3-2-4-9(11)13(14,15)16/h2-7H,17H2,1H3,(H,18,19). The molecule has 0 spiro atoms. The van der Waals surface area contributed by atoms with E-state index in [0.717, 1.165) is 6.07 Å². The summed E-state index contributed by atoms with van der Waals surface area (Å²) in [6.07, 6.45) is -4.41. The van der Waals surface area contributed by atoms with Gasteiger partial charge in [0.05, 0.1) is 22.6 Å². The summed E-state index contributed by atoms with van der Waals surface area (Å²) in [5.41, 5.74) is 5.90. The Labute approximate surface area is 108 Å². The van der Waals surface area contributed by atoms with Gasteiger partial charge in [-0.1, -0.05) is 12.1 Å². The second-order valence-electron chi connectivity index (χ2n) is 4.04. The molecule has 2 aromatic rings. The lowest BCUT2D eigenvalue weighted by Crippen LogP contribution is -2.09. The van der Waals surface area contributed by atoms with Gasteiger partial charge in [-0.05, 0) is 31.2 Å². The molecule has 3 nitrogen and oxygen atoms in total. The lowest BCUT2D eigenvalue weighted by Gasteiger charge is -2.14. The number of nitrogens with zero attached hydrogens (tertiary/aromatic N) is 1. The van der Waals surface area contributed by atoms with Crippen molar-refractivity contribution in [3.8, 4) is 0 Å². The highest BCUT2D eigenvalue weighted by Crippen LogP contribution is 2.35. The quantitative estimate of drug-likeness (QED) is 0.871. The Kier molecular flexibility index (Phi) is 3.33. The molecule has 0 saturated heterocycles. The van der Waals surface area contributed by atoms with Crippen molar-refractivity contribution >= 4 is 17.2 Å². The molecule has 0 aliphatic carbocycles. The molecule has 100 valence electrons. The normalized spacial score (nSPS) is 11.4. The highest BCUT2D eigenvalue weighted by Gasteiger charge is 2.33. The van der Waals surface area contributed by atoms with Crippen LogP contribution in [0.15, 0.2) is 36.4 Å². The number of nitrogen functional groups attached to an aromatic ring is 1. The molecule has 1 aromatic carbocycles. The first kappa shape index (κ1) is 13.2. The topological polar surface area (TPSA) is 50.9 Å². The maximum Gasteiger partial charge on any atom is 0.418 e. The minimum atomic E-state index is -4.41. The number of halogens is 3. The number of alkyl halides is 3. The van der Waals surface area contributed by atoms with Crippen LogP contribution < -0.4 is 11.1 Å². The lowest BCUT2D eigenvalue weighted by molar-refractivity contribution is -0.136. The van der Waals surface area contributed by atoms with Crippen LogP contribution in [0, 0.1) is 6.92 Å². The van der Waals surface area contributed by atoms with E-state index >= 15 is 0 Å². The van der Waals surface area contributed by atoms with Gasteiger partial charge in [-0.25, -0.2) is 4.98 Å². The van der Waals surface area contributed by atoms with Crippen LogP contribution in [-0.4, -0.2) is 4.98 Å². The van der Waals surface area contributed by atoms with Gasteiger partial charge in [0, 0.05) is 0 Å². The number of anilines is 3. The van der Waals surface area contributed by atoms with Gasteiger partial charge in [0.2, 0.25) is 0 Å². The van der Waals surface area contributed by atoms with E-state index in [1.807, 2.05) is 0 Å². The van der Waals surface area contributed by atoms with E-state index in [1.54, 1.807) is 13.0 Å². The molecule has 0 bridgehead atoms. The smallest absolute Gasteiger partial charge is 0.397 e. The number of nitrogens with two attached hydrogens (primary N) is 1. The van der Waals surface area contributed by atoms with Crippen molar-refractivity contribution in [1.82, 2.24) is 4.98 Å². The summed E-state index contributed by atoms with van der Waals surface area (Å²) in [6, 6.07) is 8.39. The molecule has 0 radical (unpaired) electrons. The largest absolute Gasteiger partial charge is 0.418 e. The van der Waals surface area contributed by atoms with Gasteiger partial charge in [0.25, 0.3) is 0 Å². The van der Waals surface area contributed by atoms with Crippen LogP contribution in [0.2, 0.25) is 0 Å². The summed E-state index contributed by atoms with van der Waals surface area (Å²) in [5.74, 6) is 0.323. The molecule has 6 heteroatoms. The summed E-state index contributed by atoms with van der Waals surface area (Å²) in [5, 5.41) is 2.66. The summed E-state index contributed by atoms with van der Waals surface area (Å²) >= 11 is 0. The van der Waals surface area contributed by atoms with Crippen LogP contribution in [0.1, 0.15) is 11.3 Å². The van der Waals surface area contributed by atoms with Gasteiger partial charge in [-0.2, -0.15) is 13.2 Å². The Bertz CT molecular complexity index is 594. The van der Waals surface area contributed by atoms with Gasteiger partial charge in [-0.15, -0.1) is 0 Å². The molecular formula is C13H12F3N3. The van der Waals surface area contributed by atoms with Crippen molar-refractivity contribution in [2.24, 2.45) is 0 Å². The second-order valence-corrected chi connectivity index (χ2v) is 4.04. The Morgan fingerprint density at radius 2 is 1.79 bits per heavy atom. The SMILES string of the molecule is Cc1nc(Nc2ccccc2C(F)(F)F)ccc1N. The lowest BCUT2D eigenvalue weighted by atomic mass is 10.1. The third-order valence-corrected chi connectivity index (χ3v) is 2.62. The summed E-state index contributed by atoms with van der Waals surface area (Å²) in [7, 11) is 0. The average molecular weight is 267 g/mol. The average Bonchev–Trinajstić information content (AvgIpc) is 2.33. The van der Waals surface area contributed by atoms with Gasteiger partial charge in [0.1, 0.15) is 5.82 Å². The van der Waals surface area contributed by atoms with Crippen molar-refractivity contribution in [3.63, 3.8) is 0 Å². The first-order valence-corrected chi connectivity index (χ1v) is 5.54. The molecule has 3 N–H and O–H groups in total. The predicted octanol–water partition coefficient (Wildman–Crippen LogP) is 3.73. The van der Waals surface area contributed by atoms with Crippen LogP contribution in [0.5, 0.6) is 0 Å². The monoisotopic (exact) mass is 267 g/mol. The number of nitrogens with one attached hydrogen (secondary N) is 1. The summed E-state index contributed by atoms with van der Waals surface area (Å²) in [4.78, 5) is 4.09. The maximum absolute atomic E-state index is 12.8. The van der Waals surface area contributed by atoms with Crippen LogP contribution in [0.25, 0.3) is 0 Å². The van der Waals surface area contributed by atoms with Crippen molar-refractivity contribution < 1.29 is 13.2 Å². The number of hydrogen-bond donors (Lipinski definition) is 2. The first-order chi connectivity index (χ1) is 8.88. The molecule has 0 saturated carbocycles. The Hall–Kier alpha value is -2.24. The number of para-hydroxylation sites is 1. The zero-order valence-electron chi connectivity index (χ0n) is 10.1. The predicted molar refractivity (Wildman–Crippen MR) is 68.1 cm³/mol. The molecular weight excluding hydrogens is 255 g/mol. The number of hydrogen-bond acceptors (Lipinski definition) is 3. The van der Waals surface area contributed by atoms with Gasteiger partial charge < -0.3 is 11.1 Å². The fraction of sp³-hybridized carbons (Fsp3) is 0.154. The van der Waals surface area contributed by atoms with Crippen LogP contribution in [-0.2, 0) is 6.18 Å². The fourth-order valence-electron chi connectivity index (χ4n) is 1.62. The molecule has 0 fully saturated rings. The van der Waals surface area contributed by atoms with Crippen molar-refractivity contribution in [3.05, 3.63) is 47.7 Å². The maximum atomic E-state index is 12.8. The van der Waals surface area contributed by atoms with E-state index in [1.165, 1.54) is 24.3 Å². The number of rotatable bonds is 2. The Balaban J connectivity index is 2.36. The molecule has 0 aliphatic heterocycles. The van der Waals surface area contributed by atoms with Crippen LogP contribution in [0.4, 0.5) is 30.4 Å². The minimum absolute atomic E-state index is 0.0355. The van der Waals surface area contributed by atoms with Crippen molar-refractivity contribution in [2.45, 2.75) is 13.1 Å². The number of pyridine rings is 1. The Morgan fingerprint density at radius 1 is 1.11 bits per heavy atom. The Morgan fingerprint density at radius 3 is 2.42 bits per heavy atom. The minimum Gasteiger partial charge on any atom is -0.397 e. The zero-order valence-corrected chi connectivity index (χ0v) is 10.1. The van der Waals surface area contributed by atoms with Gasteiger partial charge >= 0.3 is 6.18 Å². The third-order valence-electron chi connectivity index (χ3n) is 2.62. The highest BCUT2D eigenvalue weighted by molar-refractivity contribution is 5.63. The van der Waals surface area contributed by atoms with E-state index in [2.05, 4.69) is 10.3 Å². The molecule has 19 heavy (non-hydrogen) atoms. The second kappa shape index (κ2) is 4.79. The van der Waals surface area contributed by atoms with E-state index in [4.69, 9.17) is 5.73 Å². The van der Waals surface area contributed by atoms with Crippen LogP contribution >= 0.6 is 0 Å². The summed E-state index contributed by atoms with van der Waals surface area (Å²) in [6.45, 7) is 1.69. The highest BCUT2D eigenvalue weighted by atomic mass is 19.4.